The highest BCUT2D eigenvalue weighted by molar-refractivity contribution is 5.82. The topological polar surface area (TPSA) is 47.6 Å². The van der Waals surface area contributed by atoms with Gasteiger partial charge in [-0.1, -0.05) is 12.1 Å². The Bertz CT molecular complexity index is 378. The van der Waals surface area contributed by atoms with E-state index in [0.29, 0.717) is 11.5 Å². The fourth-order valence-corrected chi connectivity index (χ4v) is 1.55. The van der Waals surface area contributed by atoms with Crippen LogP contribution in [-0.2, 0) is 4.79 Å². The molecule has 0 aromatic heterocycles. The number of rotatable bonds is 1. The maximum atomic E-state index is 11.5. The number of likely N-dealkylation sites (N-methyl/N-ethyl adjacent to an activating group) is 1. The maximum absolute atomic E-state index is 11.5. The van der Waals surface area contributed by atoms with Crippen LogP contribution in [-0.4, -0.2) is 25.2 Å². The minimum atomic E-state index is -0.579. The summed E-state index contributed by atoms with van der Waals surface area (Å²) in [6, 6.07) is 7.33. The minimum absolute atomic E-state index is 0.169. The van der Waals surface area contributed by atoms with Crippen molar-refractivity contribution in [1.29, 1.82) is 0 Å². The predicted octanol–water partition coefficient (Wildman–Crippen LogP) is 0.961. The molecule has 80 valence electrons. The van der Waals surface area contributed by atoms with Gasteiger partial charge in [-0.2, -0.15) is 0 Å². The van der Waals surface area contributed by atoms with E-state index in [9.17, 15) is 4.79 Å². The predicted molar refractivity (Wildman–Crippen MR) is 55.0 cm³/mol. The average Bonchev–Trinajstić information content (AvgIpc) is 2.27. The molecule has 0 aliphatic carbocycles. The van der Waals surface area contributed by atoms with Gasteiger partial charge in [0.2, 0.25) is 6.10 Å². The molecule has 0 saturated carbocycles. The molecule has 4 nitrogen and oxygen atoms in total. The largest absolute Gasteiger partial charge is 0.482 e. The molecule has 1 aromatic rings. The molecule has 15 heavy (non-hydrogen) atoms. The Morgan fingerprint density at radius 1 is 1.27 bits per heavy atom. The van der Waals surface area contributed by atoms with Crippen LogP contribution in [0, 0.1) is 0 Å². The van der Waals surface area contributed by atoms with E-state index in [1.165, 1.54) is 0 Å². The van der Waals surface area contributed by atoms with Crippen LogP contribution in [0.5, 0.6) is 11.5 Å². The van der Waals surface area contributed by atoms with E-state index in [4.69, 9.17) is 9.47 Å². The number of carbonyl (C=O) groups is 1. The highest BCUT2D eigenvalue weighted by Crippen LogP contribution is 2.33. The van der Waals surface area contributed by atoms with E-state index in [1.54, 1.807) is 13.1 Å². The van der Waals surface area contributed by atoms with Crippen molar-refractivity contribution in [1.82, 2.24) is 5.32 Å². The van der Waals surface area contributed by atoms with Crippen LogP contribution in [0.3, 0.4) is 0 Å². The molecule has 0 fully saturated rings. The summed E-state index contributed by atoms with van der Waals surface area (Å²) in [6.45, 7) is 1.82. The normalized spacial score (nSPS) is 23.3. The molecule has 2 atom stereocenters. The summed E-state index contributed by atoms with van der Waals surface area (Å²) >= 11 is 0. The Kier molecular flexibility index (Phi) is 2.49. The summed E-state index contributed by atoms with van der Waals surface area (Å²) in [7, 11) is 1.58. The molecular weight excluding hydrogens is 194 g/mol. The second kappa shape index (κ2) is 3.81. The van der Waals surface area contributed by atoms with Crippen LogP contribution < -0.4 is 14.8 Å². The van der Waals surface area contributed by atoms with Crippen molar-refractivity contribution in [2.24, 2.45) is 0 Å². The molecule has 0 bridgehead atoms. The molecule has 2 unspecified atom stereocenters. The van der Waals surface area contributed by atoms with Crippen LogP contribution >= 0.6 is 0 Å². The molecule has 4 heteroatoms. The standard InChI is InChI=1S/C11H13NO3/c1-7-10(11(13)12-2)15-9-6-4-3-5-8(9)14-7/h3-7,10H,1-2H3,(H,12,13). The lowest BCUT2D eigenvalue weighted by molar-refractivity contribution is -0.132. The summed E-state index contributed by atoms with van der Waals surface area (Å²) in [5, 5.41) is 2.55. The summed E-state index contributed by atoms with van der Waals surface area (Å²) in [6.07, 6.45) is -0.857. The van der Waals surface area contributed by atoms with E-state index in [1.807, 2.05) is 25.1 Å². The second-order valence-electron chi connectivity index (χ2n) is 3.42. The number of hydrogen-bond acceptors (Lipinski definition) is 3. The van der Waals surface area contributed by atoms with Gasteiger partial charge in [0.25, 0.3) is 5.91 Å². The fraction of sp³-hybridized carbons (Fsp3) is 0.364. The first-order valence-corrected chi connectivity index (χ1v) is 4.86. The zero-order valence-corrected chi connectivity index (χ0v) is 8.69. The van der Waals surface area contributed by atoms with E-state index in [0.717, 1.165) is 0 Å². The lowest BCUT2D eigenvalue weighted by Crippen LogP contribution is -2.48. The molecule has 0 spiro atoms. The number of benzene rings is 1. The summed E-state index contributed by atoms with van der Waals surface area (Å²) in [5.74, 6) is 1.13. The molecule has 1 aromatic carbocycles. The van der Waals surface area contributed by atoms with E-state index >= 15 is 0 Å². The Morgan fingerprint density at radius 3 is 2.47 bits per heavy atom. The van der Waals surface area contributed by atoms with E-state index in [2.05, 4.69) is 5.32 Å². The van der Waals surface area contributed by atoms with Gasteiger partial charge in [0.05, 0.1) is 0 Å². The van der Waals surface area contributed by atoms with Gasteiger partial charge in [-0.25, -0.2) is 0 Å². The van der Waals surface area contributed by atoms with E-state index in [-0.39, 0.29) is 12.0 Å². The third-order valence-electron chi connectivity index (χ3n) is 2.35. The van der Waals surface area contributed by atoms with E-state index < -0.39 is 6.10 Å². The summed E-state index contributed by atoms with van der Waals surface area (Å²) in [4.78, 5) is 11.5. The molecule has 0 saturated heterocycles. The molecule has 0 radical (unpaired) electrons. The number of para-hydroxylation sites is 2. The monoisotopic (exact) mass is 207 g/mol. The van der Waals surface area contributed by atoms with Gasteiger partial charge in [0.15, 0.2) is 11.5 Å². The first kappa shape index (κ1) is 9.83. The van der Waals surface area contributed by atoms with Gasteiger partial charge < -0.3 is 14.8 Å². The molecule has 1 amide bonds. The van der Waals surface area contributed by atoms with Crippen molar-refractivity contribution in [2.75, 3.05) is 7.05 Å². The van der Waals surface area contributed by atoms with Gasteiger partial charge in [0.1, 0.15) is 6.10 Å². The van der Waals surface area contributed by atoms with Crippen molar-refractivity contribution >= 4 is 5.91 Å². The number of carbonyl (C=O) groups excluding carboxylic acids is 1. The molecule has 1 heterocycles. The van der Waals surface area contributed by atoms with Crippen molar-refractivity contribution < 1.29 is 14.3 Å². The molecule has 1 aliphatic rings. The third kappa shape index (κ3) is 1.75. The average molecular weight is 207 g/mol. The van der Waals surface area contributed by atoms with Crippen LogP contribution in [0.25, 0.3) is 0 Å². The third-order valence-corrected chi connectivity index (χ3v) is 2.35. The Labute approximate surface area is 88.2 Å². The Hall–Kier alpha value is -1.71. The molecular formula is C11H13NO3. The first-order chi connectivity index (χ1) is 7.22. The number of ether oxygens (including phenoxy) is 2. The quantitative estimate of drug-likeness (QED) is 0.746. The zero-order chi connectivity index (χ0) is 10.8. The molecule has 1 N–H and O–H groups in total. The first-order valence-electron chi connectivity index (χ1n) is 4.86. The van der Waals surface area contributed by atoms with Crippen LogP contribution in [0.2, 0.25) is 0 Å². The SMILES string of the molecule is CNC(=O)C1Oc2ccccc2OC1C. The van der Waals surface area contributed by atoms with Crippen molar-refractivity contribution in [3.05, 3.63) is 24.3 Å². The Balaban J connectivity index is 2.25. The van der Waals surface area contributed by atoms with Crippen LogP contribution in [0.15, 0.2) is 24.3 Å². The second-order valence-corrected chi connectivity index (χ2v) is 3.42. The number of nitrogens with one attached hydrogen (secondary N) is 1. The molecule has 2 rings (SSSR count). The maximum Gasteiger partial charge on any atom is 0.264 e. The molecule has 1 aliphatic heterocycles. The number of amides is 1. The Morgan fingerprint density at radius 2 is 1.87 bits per heavy atom. The highest BCUT2D eigenvalue weighted by Gasteiger charge is 2.33. The van der Waals surface area contributed by atoms with Crippen LogP contribution in [0.1, 0.15) is 6.92 Å². The van der Waals surface area contributed by atoms with Gasteiger partial charge in [0, 0.05) is 7.05 Å². The van der Waals surface area contributed by atoms with Gasteiger partial charge >= 0.3 is 0 Å². The van der Waals surface area contributed by atoms with Crippen molar-refractivity contribution in [3.8, 4) is 11.5 Å². The number of hydrogen-bond donors (Lipinski definition) is 1. The minimum Gasteiger partial charge on any atom is -0.482 e. The van der Waals surface area contributed by atoms with Gasteiger partial charge in [-0.3, -0.25) is 4.79 Å². The van der Waals surface area contributed by atoms with Crippen molar-refractivity contribution in [3.63, 3.8) is 0 Å². The number of fused-ring (bicyclic) bond motifs is 1. The van der Waals surface area contributed by atoms with Crippen LogP contribution in [0.4, 0.5) is 0 Å². The van der Waals surface area contributed by atoms with Gasteiger partial charge in [-0.15, -0.1) is 0 Å². The smallest absolute Gasteiger partial charge is 0.264 e. The van der Waals surface area contributed by atoms with Crippen molar-refractivity contribution in [2.45, 2.75) is 19.1 Å². The lowest BCUT2D eigenvalue weighted by Gasteiger charge is -2.30. The summed E-state index contributed by atoms with van der Waals surface area (Å²) < 4.78 is 11.1. The van der Waals surface area contributed by atoms with Gasteiger partial charge in [-0.05, 0) is 19.1 Å². The summed E-state index contributed by atoms with van der Waals surface area (Å²) in [5.41, 5.74) is 0. The lowest BCUT2D eigenvalue weighted by atomic mass is 10.1. The fourth-order valence-electron chi connectivity index (χ4n) is 1.55. The highest BCUT2D eigenvalue weighted by atomic mass is 16.6. The zero-order valence-electron chi connectivity index (χ0n) is 8.69.